The van der Waals surface area contributed by atoms with Crippen molar-refractivity contribution in [3.63, 3.8) is 0 Å². The lowest BCUT2D eigenvalue weighted by Gasteiger charge is -2.08. The highest BCUT2D eigenvalue weighted by atomic mass is 16.5. The zero-order chi connectivity index (χ0) is 17.9. The Labute approximate surface area is 149 Å². The largest absolute Gasteiger partial charge is 0.496 e. The standard InChI is InChI=1S/C20H15N3O3/c1-25-17-7-3-2-6-15(17)19(24)22-14-8-9-18-16(11-14)23-20(26-18)13-5-4-10-21-12-13/h2-12H,1H3,(H,22,24). The molecule has 0 aliphatic heterocycles. The second-order valence-corrected chi connectivity index (χ2v) is 5.60. The molecule has 0 saturated heterocycles. The fourth-order valence-corrected chi connectivity index (χ4v) is 2.65. The Hall–Kier alpha value is -3.67. The SMILES string of the molecule is COc1ccccc1C(=O)Nc1ccc2oc(-c3cccnc3)nc2c1. The molecule has 0 unspecified atom stereocenters. The number of hydrogen-bond acceptors (Lipinski definition) is 5. The van der Waals surface area contributed by atoms with Gasteiger partial charge in [-0.3, -0.25) is 9.78 Å². The number of carbonyl (C=O) groups is 1. The van der Waals surface area contributed by atoms with Crippen LogP contribution in [0.15, 0.2) is 71.4 Å². The Kier molecular flexibility index (Phi) is 4.07. The number of carbonyl (C=O) groups excluding carboxylic acids is 1. The van der Waals surface area contributed by atoms with Gasteiger partial charge >= 0.3 is 0 Å². The van der Waals surface area contributed by atoms with E-state index in [0.717, 1.165) is 5.56 Å². The second-order valence-electron chi connectivity index (χ2n) is 5.60. The fraction of sp³-hybridized carbons (Fsp3) is 0.0500. The maximum absolute atomic E-state index is 12.5. The summed E-state index contributed by atoms with van der Waals surface area (Å²) in [4.78, 5) is 21.1. The summed E-state index contributed by atoms with van der Waals surface area (Å²) < 4.78 is 11.0. The first-order valence-electron chi connectivity index (χ1n) is 8.00. The van der Waals surface area contributed by atoms with Gasteiger partial charge in [-0.15, -0.1) is 0 Å². The van der Waals surface area contributed by atoms with Gasteiger partial charge in [-0.25, -0.2) is 4.98 Å². The van der Waals surface area contributed by atoms with Gasteiger partial charge in [-0.05, 0) is 42.5 Å². The van der Waals surface area contributed by atoms with E-state index in [0.29, 0.717) is 34.0 Å². The van der Waals surface area contributed by atoms with Gasteiger partial charge in [0, 0.05) is 18.1 Å². The monoisotopic (exact) mass is 345 g/mol. The molecule has 2 aromatic carbocycles. The number of rotatable bonds is 4. The van der Waals surface area contributed by atoms with Gasteiger partial charge in [0.1, 0.15) is 11.3 Å². The molecule has 26 heavy (non-hydrogen) atoms. The number of para-hydroxylation sites is 1. The number of oxazole rings is 1. The van der Waals surface area contributed by atoms with Crippen LogP contribution in [0.25, 0.3) is 22.6 Å². The minimum absolute atomic E-state index is 0.252. The van der Waals surface area contributed by atoms with Crippen molar-refractivity contribution < 1.29 is 13.9 Å². The van der Waals surface area contributed by atoms with Crippen molar-refractivity contribution in [1.29, 1.82) is 0 Å². The van der Waals surface area contributed by atoms with E-state index in [-0.39, 0.29) is 5.91 Å². The summed E-state index contributed by atoms with van der Waals surface area (Å²) in [5.74, 6) is 0.755. The lowest BCUT2D eigenvalue weighted by Crippen LogP contribution is -2.13. The van der Waals surface area contributed by atoms with Crippen LogP contribution in [0.5, 0.6) is 5.75 Å². The zero-order valence-corrected chi connectivity index (χ0v) is 14.0. The first kappa shape index (κ1) is 15.8. The first-order chi connectivity index (χ1) is 12.7. The van der Waals surface area contributed by atoms with Gasteiger partial charge in [0.25, 0.3) is 5.91 Å². The van der Waals surface area contributed by atoms with Crippen LogP contribution in [-0.2, 0) is 0 Å². The van der Waals surface area contributed by atoms with E-state index in [9.17, 15) is 4.79 Å². The number of benzene rings is 2. The quantitative estimate of drug-likeness (QED) is 0.601. The lowest BCUT2D eigenvalue weighted by molar-refractivity contribution is 0.102. The molecule has 0 fully saturated rings. The third-order valence-corrected chi connectivity index (χ3v) is 3.91. The summed E-state index contributed by atoms with van der Waals surface area (Å²) in [7, 11) is 1.54. The molecular weight excluding hydrogens is 330 g/mol. The van der Waals surface area contributed by atoms with Crippen molar-refractivity contribution in [3.8, 4) is 17.2 Å². The van der Waals surface area contributed by atoms with Crippen molar-refractivity contribution in [2.24, 2.45) is 0 Å². The molecule has 128 valence electrons. The molecule has 4 aromatic rings. The van der Waals surface area contributed by atoms with Crippen molar-refractivity contribution in [1.82, 2.24) is 9.97 Å². The van der Waals surface area contributed by atoms with E-state index in [2.05, 4.69) is 15.3 Å². The number of pyridine rings is 1. The maximum Gasteiger partial charge on any atom is 0.259 e. The molecule has 4 rings (SSSR count). The molecule has 0 aliphatic carbocycles. The lowest BCUT2D eigenvalue weighted by atomic mass is 10.2. The highest BCUT2D eigenvalue weighted by Crippen LogP contribution is 2.26. The Morgan fingerprint density at radius 2 is 2.00 bits per heavy atom. The number of fused-ring (bicyclic) bond motifs is 1. The van der Waals surface area contributed by atoms with Crippen LogP contribution in [0.4, 0.5) is 5.69 Å². The number of ether oxygens (including phenoxy) is 1. The van der Waals surface area contributed by atoms with Crippen LogP contribution < -0.4 is 10.1 Å². The minimum atomic E-state index is -0.252. The van der Waals surface area contributed by atoms with Crippen molar-refractivity contribution in [2.45, 2.75) is 0 Å². The van der Waals surface area contributed by atoms with E-state index in [4.69, 9.17) is 9.15 Å². The molecule has 0 spiro atoms. The zero-order valence-electron chi connectivity index (χ0n) is 14.0. The topological polar surface area (TPSA) is 77.2 Å². The number of aromatic nitrogens is 2. The molecule has 0 atom stereocenters. The molecule has 1 amide bonds. The molecule has 2 heterocycles. The smallest absolute Gasteiger partial charge is 0.259 e. The van der Waals surface area contributed by atoms with Gasteiger partial charge in [0.2, 0.25) is 5.89 Å². The number of amides is 1. The first-order valence-corrected chi connectivity index (χ1v) is 8.00. The van der Waals surface area contributed by atoms with Gasteiger partial charge in [-0.1, -0.05) is 12.1 Å². The number of nitrogens with zero attached hydrogens (tertiary/aromatic N) is 2. The third-order valence-electron chi connectivity index (χ3n) is 3.91. The summed E-state index contributed by atoms with van der Waals surface area (Å²) in [5, 5.41) is 2.86. The van der Waals surface area contributed by atoms with Crippen LogP contribution in [0.1, 0.15) is 10.4 Å². The average Bonchev–Trinajstić information content (AvgIpc) is 3.12. The molecule has 0 bridgehead atoms. The maximum atomic E-state index is 12.5. The van der Waals surface area contributed by atoms with Crippen LogP contribution in [-0.4, -0.2) is 23.0 Å². The molecule has 6 heteroatoms. The number of anilines is 1. The third kappa shape index (κ3) is 3.00. The number of nitrogens with one attached hydrogen (secondary N) is 1. The highest BCUT2D eigenvalue weighted by molar-refractivity contribution is 6.06. The van der Waals surface area contributed by atoms with Crippen molar-refractivity contribution in [3.05, 3.63) is 72.6 Å². The van der Waals surface area contributed by atoms with Crippen LogP contribution in [0, 0.1) is 0 Å². The van der Waals surface area contributed by atoms with E-state index in [1.54, 1.807) is 48.8 Å². The van der Waals surface area contributed by atoms with Crippen LogP contribution >= 0.6 is 0 Å². The summed E-state index contributed by atoms with van der Waals surface area (Å²) in [6.07, 6.45) is 3.38. The molecule has 0 aliphatic rings. The summed E-state index contributed by atoms with van der Waals surface area (Å²) in [6.45, 7) is 0. The molecule has 0 saturated carbocycles. The Morgan fingerprint density at radius 1 is 1.12 bits per heavy atom. The number of methoxy groups -OCH3 is 1. The normalized spacial score (nSPS) is 10.7. The van der Waals surface area contributed by atoms with Crippen molar-refractivity contribution in [2.75, 3.05) is 12.4 Å². The summed E-state index contributed by atoms with van der Waals surface area (Å²) in [5.41, 5.74) is 3.18. The Bertz CT molecular complexity index is 1070. The van der Waals surface area contributed by atoms with Gasteiger partial charge in [-0.2, -0.15) is 0 Å². The summed E-state index contributed by atoms with van der Waals surface area (Å²) >= 11 is 0. The Balaban J connectivity index is 1.62. The number of hydrogen-bond donors (Lipinski definition) is 1. The molecule has 6 nitrogen and oxygen atoms in total. The van der Waals surface area contributed by atoms with Gasteiger partial charge in [0.05, 0.1) is 18.2 Å². The molecule has 0 radical (unpaired) electrons. The minimum Gasteiger partial charge on any atom is -0.496 e. The predicted octanol–water partition coefficient (Wildman–Crippen LogP) is 4.15. The van der Waals surface area contributed by atoms with Gasteiger partial charge < -0.3 is 14.5 Å². The van der Waals surface area contributed by atoms with E-state index >= 15 is 0 Å². The molecular formula is C20H15N3O3. The van der Waals surface area contributed by atoms with Crippen LogP contribution in [0.2, 0.25) is 0 Å². The highest BCUT2D eigenvalue weighted by Gasteiger charge is 2.13. The second kappa shape index (κ2) is 6.68. The predicted molar refractivity (Wildman–Crippen MR) is 98.2 cm³/mol. The van der Waals surface area contributed by atoms with Crippen LogP contribution in [0.3, 0.4) is 0 Å². The fourth-order valence-electron chi connectivity index (χ4n) is 2.65. The van der Waals surface area contributed by atoms with Gasteiger partial charge in [0.15, 0.2) is 5.58 Å². The van der Waals surface area contributed by atoms with E-state index < -0.39 is 0 Å². The molecule has 1 N–H and O–H groups in total. The molecule has 2 aromatic heterocycles. The summed E-state index contributed by atoms with van der Waals surface area (Å²) in [6, 6.07) is 16.1. The van der Waals surface area contributed by atoms with Crippen molar-refractivity contribution >= 4 is 22.7 Å². The van der Waals surface area contributed by atoms with E-state index in [1.807, 2.05) is 18.2 Å². The Morgan fingerprint density at radius 3 is 2.81 bits per heavy atom. The van der Waals surface area contributed by atoms with E-state index in [1.165, 1.54) is 7.11 Å². The average molecular weight is 345 g/mol.